The van der Waals surface area contributed by atoms with Crippen LogP contribution in [0.1, 0.15) is 11.1 Å². The first-order valence-electron chi connectivity index (χ1n) is 5.46. The van der Waals surface area contributed by atoms with Gasteiger partial charge in [-0.15, -0.1) is 0 Å². The van der Waals surface area contributed by atoms with Crippen LogP contribution in [0.15, 0.2) is 44.7 Å². The molecule has 0 amide bonds. The zero-order valence-corrected chi connectivity index (χ0v) is 11.7. The molecule has 0 radical (unpaired) electrons. The first-order valence-corrected chi connectivity index (χ1v) is 6.25. The Morgan fingerprint density at radius 2 is 2.11 bits per heavy atom. The molecule has 0 saturated carbocycles. The fourth-order valence-corrected chi connectivity index (χ4v) is 1.90. The average molecular weight is 324 g/mol. The molecule has 98 valence electrons. The van der Waals surface area contributed by atoms with Crippen molar-refractivity contribution in [3.05, 3.63) is 62.1 Å². The first kappa shape index (κ1) is 13.5. The van der Waals surface area contributed by atoms with Crippen molar-refractivity contribution in [2.45, 2.75) is 6.92 Å². The number of anilines is 1. The van der Waals surface area contributed by atoms with Crippen LogP contribution in [0, 0.1) is 12.7 Å². The third kappa shape index (κ3) is 3.08. The minimum atomic E-state index is -0.433. The number of nitrogens with two attached hydrogens (primary N) is 1. The summed E-state index contributed by atoms with van der Waals surface area (Å²) in [5, 5.41) is 3.91. The molecule has 0 saturated heterocycles. The number of hydrogen-bond donors (Lipinski definition) is 1. The molecule has 0 aliphatic carbocycles. The topological polar surface area (TPSA) is 60.4 Å². The van der Waals surface area contributed by atoms with Crippen LogP contribution in [0.3, 0.4) is 0 Å². The van der Waals surface area contributed by atoms with Crippen molar-refractivity contribution < 1.29 is 4.39 Å². The summed E-state index contributed by atoms with van der Waals surface area (Å²) >= 11 is 3.16. The molecule has 0 aliphatic heterocycles. The van der Waals surface area contributed by atoms with Crippen molar-refractivity contribution in [1.29, 1.82) is 0 Å². The summed E-state index contributed by atoms with van der Waals surface area (Å²) < 4.78 is 15.2. The smallest absolute Gasteiger partial charge is 0.273 e. The van der Waals surface area contributed by atoms with Crippen molar-refractivity contribution in [2.24, 2.45) is 5.10 Å². The van der Waals surface area contributed by atoms with E-state index in [4.69, 9.17) is 5.73 Å². The lowest BCUT2D eigenvalue weighted by molar-refractivity contribution is 0.624. The Morgan fingerprint density at radius 3 is 2.74 bits per heavy atom. The maximum Gasteiger partial charge on any atom is 0.273 e. The SMILES string of the molecule is Cc1cc(N)n(/N=C\c2ccc(Br)cc2F)c(=O)c1. The van der Waals surface area contributed by atoms with E-state index in [2.05, 4.69) is 21.0 Å². The lowest BCUT2D eigenvalue weighted by atomic mass is 10.2. The van der Waals surface area contributed by atoms with Crippen LogP contribution < -0.4 is 11.3 Å². The van der Waals surface area contributed by atoms with E-state index in [1.165, 1.54) is 18.3 Å². The summed E-state index contributed by atoms with van der Waals surface area (Å²) in [6.45, 7) is 1.76. The van der Waals surface area contributed by atoms with Gasteiger partial charge in [0.2, 0.25) is 0 Å². The Hall–Kier alpha value is -1.95. The molecule has 1 heterocycles. The molecule has 0 bridgehead atoms. The molecule has 0 unspecified atom stereocenters. The van der Waals surface area contributed by atoms with Gasteiger partial charge in [-0.05, 0) is 36.8 Å². The Morgan fingerprint density at radius 1 is 1.37 bits per heavy atom. The Kier molecular flexibility index (Phi) is 3.80. The van der Waals surface area contributed by atoms with E-state index in [9.17, 15) is 9.18 Å². The van der Waals surface area contributed by atoms with E-state index in [-0.39, 0.29) is 16.9 Å². The highest BCUT2D eigenvalue weighted by molar-refractivity contribution is 9.10. The number of aromatic nitrogens is 1. The second-order valence-electron chi connectivity index (χ2n) is 4.02. The second-order valence-corrected chi connectivity index (χ2v) is 4.93. The second kappa shape index (κ2) is 5.36. The maximum atomic E-state index is 13.6. The fourth-order valence-electron chi connectivity index (χ4n) is 1.57. The van der Waals surface area contributed by atoms with E-state index in [1.807, 2.05) is 0 Å². The van der Waals surface area contributed by atoms with Gasteiger partial charge in [0.25, 0.3) is 5.56 Å². The molecule has 6 heteroatoms. The molecule has 0 atom stereocenters. The molecule has 4 nitrogen and oxygen atoms in total. The summed E-state index contributed by atoms with van der Waals surface area (Å²) in [6, 6.07) is 7.59. The number of benzene rings is 1. The van der Waals surface area contributed by atoms with Crippen LogP contribution in [-0.2, 0) is 0 Å². The zero-order chi connectivity index (χ0) is 14.0. The minimum absolute atomic E-state index is 0.207. The zero-order valence-electron chi connectivity index (χ0n) is 10.1. The highest BCUT2D eigenvalue weighted by Crippen LogP contribution is 2.14. The molecule has 19 heavy (non-hydrogen) atoms. The largest absolute Gasteiger partial charge is 0.384 e. The molecule has 0 aliphatic rings. The van der Waals surface area contributed by atoms with Crippen LogP contribution in [-0.4, -0.2) is 10.9 Å². The van der Waals surface area contributed by atoms with Crippen LogP contribution >= 0.6 is 15.9 Å². The molecule has 0 fully saturated rings. The molecule has 2 rings (SSSR count). The molecule has 0 spiro atoms. The van der Waals surface area contributed by atoms with Crippen molar-refractivity contribution >= 4 is 28.0 Å². The predicted octanol–water partition coefficient (Wildman–Crippen LogP) is 2.52. The third-order valence-corrected chi connectivity index (χ3v) is 2.95. The highest BCUT2D eigenvalue weighted by Gasteiger charge is 2.02. The van der Waals surface area contributed by atoms with Gasteiger partial charge in [0, 0.05) is 16.1 Å². The summed E-state index contributed by atoms with van der Waals surface area (Å²) in [6.07, 6.45) is 1.26. The number of rotatable bonds is 2. The first-order chi connectivity index (χ1) is 8.97. The number of nitrogen functional groups attached to an aromatic ring is 1. The Bertz CT molecular complexity index is 710. The van der Waals surface area contributed by atoms with Crippen molar-refractivity contribution in [3.63, 3.8) is 0 Å². The molecule has 2 aromatic rings. The summed E-state index contributed by atoms with van der Waals surface area (Å²) in [5.41, 5.74) is 6.37. The van der Waals surface area contributed by atoms with Crippen LogP contribution in [0.4, 0.5) is 10.2 Å². The van der Waals surface area contributed by atoms with Gasteiger partial charge in [-0.25, -0.2) is 4.39 Å². The van der Waals surface area contributed by atoms with Gasteiger partial charge in [-0.3, -0.25) is 4.79 Å². The van der Waals surface area contributed by atoms with E-state index in [0.29, 0.717) is 4.47 Å². The summed E-state index contributed by atoms with van der Waals surface area (Å²) in [7, 11) is 0. The standard InChI is InChI=1S/C13H11BrFN3O/c1-8-4-12(16)18(13(19)5-8)17-7-9-2-3-10(14)6-11(9)15/h2-7H,16H2,1H3/b17-7-. The molecule has 1 aromatic carbocycles. The van der Waals surface area contributed by atoms with E-state index < -0.39 is 5.82 Å². The summed E-state index contributed by atoms with van der Waals surface area (Å²) in [4.78, 5) is 11.7. The highest BCUT2D eigenvalue weighted by atomic mass is 79.9. The molecular formula is C13H11BrFN3O. The fraction of sp³-hybridized carbons (Fsp3) is 0.0769. The normalized spacial score (nSPS) is 11.1. The third-order valence-electron chi connectivity index (χ3n) is 2.45. The van der Waals surface area contributed by atoms with Gasteiger partial charge in [0.05, 0.1) is 6.21 Å². The van der Waals surface area contributed by atoms with Crippen LogP contribution in [0.5, 0.6) is 0 Å². The number of halogens is 2. The van der Waals surface area contributed by atoms with E-state index in [0.717, 1.165) is 10.2 Å². The monoisotopic (exact) mass is 323 g/mol. The van der Waals surface area contributed by atoms with Gasteiger partial charge < -0.3 is 5.73 Å². The van der Waals surface area contributed by atoms with Crippen molar-refractivity contribution in [2.75, 3.05) is 5.73 Å². The average Bonchev–Trinajstić information content (AvgIpc) is 2.30. The predicted molar refractivity (Wildman–Crippen MR) is 76.9 cm³/mol. The molecule has 2 N–H and O–H groups in total. The Labute approximate surface area is 117 Å². The number of nitrogens with zero attached hydrogens (tertiary/aromatic N) is 2. The number of hydrogen-bond acceptors (Lipinski definition) is 3. The lowest BCUT2D eigenvalue weighted by Crippen LogP contribution is -2.19. The van der Waals surface area contributed by atoms with E-state index in [1.54, 1.807) is 25.1 Å². The summed E-state index contributed by atoms with van der Waals surface area (Å²) in [5.74, 6) is -0.226. The van der Waals surface area contributed by atoms with Gasteiger partial charge in [0.1, 0.15) is 11.6 Å². The van der Waals surface area contributed by atoms with Gasteiger partial charge >= 0.3 is 0 Å². The van der Waals surface area contributed by atoms with Crippen LogP contribution in [0.25, 0.3) is 0 Å². The lowest BCUT2D eigenvalue weighted by Gasteiger charge is -2.04. The molecule has 1 aromatic heterocycles. The minimum Gasteiger partial charge on any atom is -0.384 e. The maximum absolute atomic E-state index is 13.6. The van der Waals surface area contributed by atoms with Crippen molar-refractivity contribution in [3.8, 4) is 0 Å². The van der Waals surface area contributed by atoms with E-state index >= 15 is 0 Å². The van der Waals surface area contributed by atoms with Crippen LogP contribution in [0.2, 0.25) is 0 Å². The quantitative estimate of drug-likeness (QED) is 0.863. The molecular weight excluding hydrogens is 313 g/mol. The van der Waals surface area contributed by atoms with Gasteiger partial charge in [-0.1, -0.05) is 15.9 Å². The number of pyridine rings is 1. The van der Waals surface area contributed by atoms with Gasteiger partial charge in [-0.2, -0.15) is 9.78 Å². The number of aryl methyl sites for hydroxylation is 1. The van der Waals surface area contributed by atoms with Crippen molar-refractivity contribution in [1.82, 2.24) is 4.68 Å². The Balaban J connectivity index is 2.41. The van der Waals surface area contributed by atoms with Gasteiger partial charge in [0.15, 0.2) is 0 Å².